The molecule has 0 N–H and O–H groups in total. The van der Waals surface area contributed by atoms with Crippen molar-refractivity contribution < 1.29 is 9.30 Å². The van der Waals surface area contributed by atoms with E-state index in [9.17, 15) is 0 Å². The lowest BCUT2D eigenvalue weighted by atomic mass is 9.88. The molecule has 0 aliphatic rings. The van der Waals surface area contributed by atoms with Crippen LogP contribution in [0.1, 0.15) is 26.3 Å². The molecule has 0 aliphatic heterocycles. The summed E-state index contributed by atoms with van der Waals surface area (Å²) >= 11 is 0. The zero-order valence-electron chi connectivity index (χ0n) is 46.1. The van der Waals surface area contributed by atoms with E-state index in [1.54, 1.807) is 0 Å². The van der Waals surface area contributed by atoms with Crippen LogP contribution in [0, 0.1) is 0 Å². The van der Waals surface area contributed by atoms with Crippen LogP contribution in [0.5, 0.6) is 11.5 Å². The zero-order chi connectivity index (χ0) is 55.3. The second-order valence-corrected chi connectivity index (χ2v) is 22.6. The summed E-state index contributed by atoms with van der Waals surface area (Å²) in [7, 11) is 0. The van der Waals surface area contributed by atoms with Gasteiger partial charge < -0.3 is 13.9 Å². The van der Waals surface area contributed by atoms with Gasteiger partial charge >= 0.3 is 0 Å². The number of hydrogen-bond donors (Lipinski definition) is 0. The standard InChI is InChI=1S/C76H55N6O/c1-76(2,3)52-44-45-77-68(46-52)82-67-48-57(83-56-33-22-32-55(47-56)78-49-79(66-41-21-20-40-65(66)78)72-58(50-24-8-4-9-25-50)36-23-37-59(72)51-26-10-5-11-27-51)42-43-62(67)71-74-69(60-34-16-18-38-63(60)81(74)54-30-14-7-15-31-54)73-70(75(71)82)61-35-17-19-39-64(61)80(73)53-28-12-6-13-29-53/h4-49H,1-3H3/q+1. The Bertz CT molecular complexity index is 5140. The highest BCUT2D eigenvalue weighted by molar-refractivity contribution is 6.40. The topological polar surface area (TPSA) is 45.7 Å². The maximum atomic E-state index is 7.16. The Morgan fingerprint density at radius 1 is 0.398 bits per heavy atom. The summed E-state index contributed by atoms with van der Waals surface area (Å²) in [6.45, 7) is 6.81. The Hall–Kier alpha value is -10.8. The highest BCUT2D eigenvalue weighted by Crippen LogP contribution is 2.51. The van der Waals surface area contributed by atoms with E-state index in [4.69, 9.17) is 9.72 Å². The van der Waals surface area contributed by atoms with Crippen molar-refractivity contribution in [3.8, 4) is 62.3 Å². The van der Waals surface area contributed by atoms with Crippen molar-refractivity contribution in [3.63, 3.8) is 0 Å². The van der Waals surface area contributed by atoms with Crippen LogP contribution in [-0.4, -0.2) is 23.3 Å². The second kappa shape index (κ2) is 18.9. The number of para-hydroxylation sites is 7. The molecule has 0 fully saturated rings. The predicted octanol–water partition coefficient (Wildman–Crippen LogP) is 19.0. The smallest absolute Gasteiger partial charge is 0.255 e. The summed E-state index contributed by atoms with van der Waals surface area (Å²) in [6.07, 6.45) is 4.20. The summed E-state index contributed by atoms with van der Waals surface area (Å²) in [5.41, 5.74) is 18.7. The minimum Gasteiger partial charge on any atom is -0.457 e. The van der Waals surface area contributed by atoms with Crippen molar-refractivity contribution in [2.24, 2.45) is 0 Å². The first-order chi connectivity index (χ1) is 40.9. The molecule has 0 aliphatic carbocycles. The first kappa shape index (κ1) is 48.2. The number of fused-ring (bicyclic) bond motifs is 13. The Kier molecular flexibility index (Phi) is 11.0. The molecule has 0 atom stereocenters. The molecule has 0 saturated carbocycles. The van der Waals surface area contributed by atoms with Crippen molar-refractivity contribution in [2.45, 2.75) is 26.2 Å². The first-order valence-electron chi connectivity index (χ1n) is 28.4. The SMILES string of the molecule is CC(C)(C)c1ccnc(-n2c3cc(Oc4cccc(-[n+]5cn(-c6c(-c7ccccc7)cccc6-c6ccccc6)c6ccccc65)c4)ccc3c3c4c(c5ccccc5n4-c4ccccc4)c4c(c5ccccc5n4-c4ccccc4)c32)c1. The fourth-order valence-electron chi connectivity index (χ4n) is 13.0. The number of aromatic nitrogens is 6. The molecular formula is C76H55N6O+. The largest absolute Gasteiger partial charge is 0.457 e. The fraction of sp³-hybridized carbons (Fsp3) is 0.0526. The van der Waals surface area contributed by atoms with Gasteiger partial charge in [0.1, 0.15) is 28.7 Å². The fourth-order valence-corrected chi connectivity index (χ4v) is 13.0. The van der Waals surface area contributed by atoms with Gasteiger partial charge in [-0.25, -0.2) is 4.98 Å². The number of rotatable bonds is 9. The van der Waals surface area contributed by atoms with Gasteiger partial charge in [-0.3, -0.25) is 4.57 Å². The number of hydrogen-bond acceptors (Lipinski definition) is 2. The van der Waals surface area contributed by atoms with Crippen molar-refractivity contribution in [3.05, 3.63) is 285 Å². The predicted molar refractivity (Wildman–Crippen MR) is 342 cm³/mol. The lowest BCUT2D eigenvalue weighted by Crippen LogP contribution is -2.28. The van der Waals surface area contributed by atoms with Crippen molar-refractivity contribution in [1.82, 2.24) is 23.3 Å². The van der Waals surface area contributed by atoms with Crippen LogP contribution in [0.15, 0.2) is 279 Å². The summed E-state index contributed by atoms with van der Waals surface area (Å²) in [5.74, 6) is 2.27. The Balaban J connectivity index is 0.947. The maximum Gasteiger partial charge on any atom is 0.255 e. The molecule has 0 unspecified atom stereocenters. The van der Waals surface area contributed by atoms with Gasteiger partial charge in [0.2, 0.25) is 0 Å². The number of benzene rings is 11. The van der Waals surface area contributed by atoms with Gasteiger partial charge in [0.15, 0.2) is 11.0 Å². The molecule has 7 nitrogen and oxygen atoms in total. The number of pyridine rings is 1. The Morgan fingerprint density at radius 3 is 1.48 bits per heavy atom. The van der Waals surface area contributed by atoms with Gasteiger partial charge in [0, 0.05) is 73.1 Å². The number of imidazole rings is 1. The molecule has 7 heteroatoms. The van der Waals surface area contributed by atoms with Crippen LogP contribution in [0.3, 0.4) is 0 Å². The third kappa shape index (κ3) is 7.65. The summed E-state index contributed by atoms with van der Waals surface area (Å²) in [5, 5.41) is 6.95. The monoisotopic (exact) mass is 1070 g/mol. The zero-order valence-corrected chi connectivity index (χ0v) is 46.1. The van der Waals surface area contributed by atoms with Crippen molar-refractivity contribution in [2.75, 3.05) is 0 Å². The average molecular weight is 1070 g/mol. The van der Waals surface area contributed by atoms with E-state index in [0.29, 0.717) is 5.75 Å². The Morgan fingerprint density at radius 2 is 0.892 bits per heavy atom. The maximum absolute atomic E-state index is 7.16. The normalized spacial score (nSPS) is 12.0. The molecule has 83 heavy (non-hydrogen) atoms. The van der Waals surface area contributed by atoms with Crippen LogP contribution in [0.4, 0.5) is 0 Å². The van der Waals surface area contributed by atoms with Crippen molar-refractivity contribution in [1.29, 1.82) is 0 Å². The van der Waals surface area contributed by atoms with Crippen LogP contribution in [0.2, 0.25) is 0 Å². The van der Waals surface area contributed by atoms with Crippen LogP contribution < -0.4 is 9.30 Å². The summed E-state index contributed by atoms with van der Waals surface area (Å²) in [4.78, 5) is 5.31. The van der Waals surface area contributed by atoms with Gasteiger partial charge in [0.05, 0.1) is 33.1 Å². The van der Waals surface area contributed by atoms with E-state index in [1.807, 2.05) is 6.20 Å². The van der Waals surface area contributed by atoms with Crippen molar-refractivity contribution >= 4 is 76.5 Å². The number of nitrogens with zero attached hydrogens (tertiary/aromatic N) is 6. The molecule has 5 aromatic heterocycles. The molecule has 0 spiro atoms. The highest BCUT2D eigenvalue weighted by atomic mass is 16.5. The molecule has 16 aromatic rings. The van der Waals surface area contributed by atoms with Crippen LogP contribution in [0.25, 0.3) is 127 Å². The van der Waals surface area contributed by atoms with Gasteiger partial charge in [-0.1, -0.05) is 191 Å². The highest BCUT2D eigenvalue weighted by Gasteiger charge is 2.31. The summed E-state index contributed by atoms with van der Waals surface area (Å²) in [6, 6.07) is 95.6. The van der Waals surface area contributed by atoms with Gasteiger partial charge in [-0.05, 0) is 107 Å². The average Bonchev–Trinajstić information content (AvgIpc) is 2.10. The molecule has 0 saturated heterocycles. The number of ether oxygens (including phenoxy) is 1. The molecule has 0 bridgehead atoms. The van der Waals surface area contributed by atoms with Gasteiger partial charge in [-0.15, -0.1) is 0 Å². The second-order valence-electron chi connectivity index (χ2n) is 22.6. The van der Waals surface area contributed by atoms with Crippen LogP contribution >= 0.6 is 0 Å². The third-order valence-corrected chi connectivity index (χ3v) is 16.7. The van der Waals surface area contributed by atoms with E-state index < -0.39 is 0 Å². The minimum absolute atomic E-state index is 0.138. The third-order valence-electron chi connectivity index (χ3n) is 16.7. The molecule has 394 valence electrons. The van der Waals surface area contributed by atoms with Gasteiger partial charge in [0.25, 0.3) is 6.33 Å². The Labute approximate surface area is 480 Å². The minimum atomic E-state index is -0.138. The van der Waals surface area contributed by atoms with E-state index in [0.717, 1.165) is 122 Å². The molecule has 11 aromatic carbocycles. The van der Waals surface area contributed by atoms with E-state index >= 15 is 0 Å². The quantitative estimate of drug-likeness (QED) is 0.135. The van der Waals surface area contributed by atoms with Crippen LogP contribution in [-0.2, 0) is 5.41 Å². The lowest BCUT2D eigenvalue weighted by Gasteiger charge is -2.20. The van der Waals surface area contributed by atoms with Gasteiger partial charge in [-0.2, -0.15) is 9.13 Å². The van der Waals surface area contributed by atoms with E-state index in [-0.39, 0.29) is 5.41 Å². The van der Waals surface area contributed by atoms with E-state index in [1.165, 1.54) is 16.3 Å². The molecular weight excluding hydrogens is 1010 g/mol. The molecule has 0 amide bonds. The molecule has 16 rings (SSSR count). The summed E-state index contributed by atoms with van der Waals surface area (Å²) < 4.78 is 19.2. The molecule has 5 heterocycles. The lowest BCUT2D eigenvalue weighted by molar-refractivity contribution is -0.567. The van der Waals surface area contributed by atoms with E-state index in [2.05, 4.69) is 317 Å². The molecule has 0 radical (unpaired) electrons. The first-order valence-corrected chi connectivity index (χ1v) is 28.4.